The fourth-order valence-electron chi connectivity index (χ4n) is 2.28. The fraction of sp³-hybridized carbons (Fsp3) is 0.533. The topological polar surface area (TPSA) is 58.6 Å². The lowest BCUT2D eigenvalue weighted by atomic mass is 10.1. The Labute approximate surface area is 124 Å². The highest BCUT2D eigenvalue weighted by atomic mass is 35.5. The molecule has 1 unspecified atom stereocenters. The van der Waals surface area contributed by atoms with Gasteiger partial charge in [0.2, 0.25) is 0 Å². The third-order valence-corrected chi connectivity index (χ3v) is 3.61. The zero-order valence-corrected chi connectivity index (χ0v) is 12.2. The lowest BCUT2D eigenvalue weighted by molar-refractivity contribution is -0.127. The number of hydrogen-bond acceptors (Lipinski definition) is 3. The summed E-state index contributed by atoms with van der Waals surface area (Å²) in [7, 11) is 0. The van der Waals surface area contributed by atoms with Crippen LogP contribution in [0.5, 0.6) is 5.75 Å². The van der Waals surface area contributed by atoms with Crippen molar-refractivity contribution in [2.24, 2.45) is 0 Å². The monoisotopic (exact) mass is 297 g/mol. The molecule has 1 aromatic carbocycles. The summed E-state index contributed by atoms with van der Waals surface area (Å²) in [6, 6.07) is 5.42. The van der Waals surface area contributed by atoms with Crippen LogP contribution in [0.3, 0.4) is 0 Å². The molecule has 1 heterocycles. The van der Waals surface area contributed by atoms with Gasteiger partial charge >= 0.3 is 0 Å². The average Bonchev–Trinajstić information content (AvgIpc) is 2.85. The highest BCUT2D eigenvalue weighted by molar-refractivity contribution is 6.30. The number of hydrogen-bond donors (Lipinski definition) is 2. The van der Waals surface area contributed by atoms with Crippen LogP contribution in [0.1, 0.15) is 31.2 Å². The molecule has 1 atom stereocenters. The van der Waals surface area contributed by atoms with E-state index in [1.807, 2.05) is 6.07 Å². The lowest BCUT2D eigenvalue weighted by Crippen LogP contribution is -2.37. The van der Waals surface area contributed by atoms with E-state index in [-0.39, 0.29) is 12.5 Å². The number of carbonyl (C=O) groups is 1. The van der Waals surface area contributed by atoms with E-state index in [9.17, 15) is 4.79 Å². The SMILES string of the molecule is O=C(NCCCCCCO)C1Cc2cc(Cl)ccc2O1. The number of nitrogens with one attached hydrogen (secondary N) is 1. The molecule has 0 aliphatic carbocycles. The van der Waals surface area contributed by atoms with Gasteiger partial charge in [0.1, 0.15) is 5.75 Å². The van der Waals surface area contributed by atoms with Crippen molar-refractivity contribution in [2.75, 3.05) is 13.2 Å². The van der Waals surface area contributed by atoms with Crippen molar-refractivity contribution >= 4 is 17.5 Å². The molecule has 0 fully saturated rings. The van der Waals surface area contributed by atoms with E-state index in [1.165, 1.54) is 0 Å². The van der Waals surface area contributed by atoms with E-state index in [2.05, 4.69) is 5.32 Å². The highest BCUT2D eigenvalue weighted by Gasteiger charge is 2.28. The van der Waals surface area contributed by atoms with Gasteiger partial charge in [0.15, 0.2) is 6.10 Å². The highest BCUT2D eigenvalue weighted by Crippen LogP contribution is 2.31. The first-order valence-electron chi connectivity index (χ1n) is 7.04. The van der Waals surface area contributed by atoms with Gasteiger partial charge in [0.05, 0.1) is 0 Å². The zero-order chi connectivity index (χ0) is 14.4. The summed E-state index contributed by atoms with van der Waals surface area (Å²) >= 11 is 5.92. The molecule has 110 valence electrons. The zero-order valence-electron chi connectivity index (χ0n) is 11.4. The Morgan fingerprint density at radius 2 is 2.15 bits per heavy atom. The third kappa shape index (κ3) is 4.12. The van der Waals surface area contributed by atoms with Crippen LogP contribution >= 0.6 is 11.6 Å². The van der Waals surface area contributed by atoms with Crippen molar-refractivity contribution in [3.63, 3.8) is 0 Å². The molecule has 0 saturated heterocycles. The summed E-state index contributed by atoms with van der Waals surface area (Å²) in [5.41, 5.74) is 0.987. The van der Waals surface area contributed by atoms with E-state index in [4.69, 9.17) is 21.4 Å². The first-order chi connectivity index (χ1) is 9.70. The van der Waals surface area contributed by atoms with Crippen molar-refractivity contribution in [3.8, 4) is 5.75 Å². The van der Waals surface area contributed by atoms with Gasteiger partial charge in [-0.15, -0.1) is 0 Å². The van der Waals surface area contributed by atoms with Crippen molar-refractivity contribution in [3.05, 3.63) is 28.8 Å². The maximum Gasteiger partial charge on any atom is 0.261 e. The van der Waals surface area contributed by atoms with Crippen molar-refractivity contribution in [1.29, 1.82) is 0 Å². The molecule has 2 N–H and O–H groups in total. The minimum Gasteiger partial charge on any atom is -0.480 e. The van der Waals surface area contributed by atoms with Gasteiger partial charge in [0.25, 0.3) is 5.91 Å². The van der Waals surface area contributed by atoms with Crippen LogP contribution < -0.4 is 10.1 Å². The number of unbranched alkanes of at least 4 members (excludes halogenated alkanes) is 3. The molecule has 1 aromatic rings. The summed E-state index contributed by atoms with van der Waals surface area (Å²) in [6.07, 6.45) is 3.90. The molecule has 2 rings (SSSR count). The number of ether oxygens (including phenoxy) is 1. The van der Waals surface area contributed by atoms with Crippen LogP contribution in [0.2, 0.25) is 5.02 Å². The molecule has 0 saturated carbocycles. The number of halogens is 1. The Bertz CT molecular complexity index is 464. The van der Waals surface area contributed by atoms with E-state index in [1.54, 1.807) is 12.1 Å². The Balaban J connectivity index is 1.70. The van der Waals surface area contributed by atoms with Gasteiger partial charge < -0.3 is 15.2 Å². The normalized spacial score (nSPS) is 16.6. The van der Waals surface area contributed by atoms with E-state index >= 15 is 0 Å². The van der Waals surface area contributed by atoms with Crippen LogP contribution in [0.25, 0.3) is 0 Å². The molecular weight excluding hydrogens is 278 g/mol. The minimum atomic E-state index is -0.444. The molecule has 1 amide bonds. The number of carbonyl (C=O) groups excluding carboxylic acids is 1. The molecule has 0 spiro atoms. The van der Waals surface area contributed by atoms with Gasteiger partial charge in [-0.1, -0.05) is 24.4 Å². The second-order valence-electron chi connectivity index (χ2n) is 4.99. The maximum absolute atomic E-state index is 12.0. The van der Waals surface area contributed by atoms with Crippen molar-refractivity contribution < 1.29 is 14.6 Å². The summed E-state index contributed by atoms with van der Waals surface area (Å²) in [4.78, 5) is 12.0. The molecule has 0 aromatic heterocycles. The van der Waals surface area contributed by atoms with Gasteiger partial charge in [-0.05, 0) is 36.6 Å². The molecule has 1 aliphatic rings. The van der Waals surface area contributed by atoms with Gasteiger partial charge in [0, 0.05) is 24.6 Å². The summed E-state index contributed by atoms with van der Waals surface area (Å²) in [5.74, 6) is 0.678. The number of fused-ring (bicyclic) bond motifs is 1. The number of amides is 1. The van der Waals surface area contributed by atoms with Crippen LogP contribution in [-0.2, 0) is 11.2 Å². The Morgan fingerprint density at radius 3 is 2.95 bits per heavy atom. The maximum atomic E-state index is 12.0. The third-order valence-electron chi connectivity index (χ3n) is 3.37. The Morgan fingerprint density at radius 1 is 1.35 bits per heavy atom. The number of rotatable bonds is 7. The van der Waals surface area contributed by atoms with Gasteiger partial charge in [-0.2, -0.15) is 0 Å². The van der Waals surface area contributed by atoms with Gasteiger partial charge in [-0.25, -0.2) is 0 Å². The van der Waals surface area contributed by atoms with E-state index in [0.29, 0.717) is 18.0 Å². The molecule has 5 heteroatoms. The standard InChI is InChI=1S/C15H20ClNO3/c16-12-5-6-13-11(9-12)10-14(20-13)15(19)17-7-3-1-2-4-8-18/h5-6,9,14,18H,1-4,7-8,10H2,(H,17,19). The van der Waals surface area contributed by atoms with E-state index in [0.717, 1.165) is 37.0 Å². The van der Waals surface area contributed by atoms with Crippen LogP contribution in [0, 0.1) is 0 Å². The van der Waals surface area contributed by atoms with Crippen LogP contribution in [0.4, 0.5) is 0 Å². The quantitative estimate of drug-likeness (QED) is 0.759. The Kier molecular flexibility index (Phi) is 5.68. The largest absolute Gasteiger partial charge is 0.480 e. The predicted molar refractivity (Wildman–Crippen MR) is 78.1 cm³/mol. The molecule has 1 aliphatic heterocycles. The van der Waals surface area contributed by atoms with Crippen LogP contribution in [0.15, 0.2) is 18.2 Å². The number of aliphatic hydroxyl groups is 1. The van der Waals surface area contributed by atoms with Crippen molar-refractivity contribution in [2.45, 2.75) is 38.2 Å². The fourth-order valence-corrected chi connectivity index (χ4v) is 2.47. The van der Waals surface area contributed by atoms with Crippen LogP contribution in [-0.4, -0.2) is 30.3 Å². The lowest BCUT2D eigenvalue weighted by Gasteiger charge is -2.11. The summed E-state index contributed by atoms with van der Waals surface area (Å²) in [6.45, 7) is 0.893. The minimum absolute atomic E-state index is 0.0699. The molecule has 0 bridgehead atoms. The number of benzene rings is 1. The second kappa shape index (κ2) is 7.50. The predicted octanol–water partition coefficient (Wildman–Crippen LogP) is 2.31. The first-order valence-corrected chi connectivity index (χ1v) is 7.42. The average molecular weight is 298 g/mol. The molecule has 0 radical (unpaired) electrons. The Hall–Kier alpha value is -1.26. The summed E-state index contributed by atoms with van der Waals surface area (Å²) < 4.78 is 5.62. The summed E-state index contributed by atoms with van der Waals surface area (Å²) in [5, 5.41) is 12.2. The number of aliphatic hydroxyl groups excluding tert-OH is 1. The van der Waals surface area contributed by atoms with E-state index < -0.39 is 6.10 Å². The molecule has 4 nitrogen and oxygen atoms in total. The van der Waals surface area contributed by atoms with Gasteiger partial charge in [-0.3, -0.25) is 4.79 Å². The molecule has 20 heavy (non-hydrogen) atoms. The second-order valence-corrected chi connectivity index (χ2v) is 5.43. The smallest absolute Gasteiger partial charge is 0.261 e. The molecular formula is C15H20ClNO3. The van der Waals surface area contributed by atoms with Crippen molar-refractivity contribution in [1.82, 2.24) is 5.32 Å². The first kappa shape index (κ1) is 15.1.